The second-order valence-corrected chi connectivity index (χ2v) is 5.91. The van der Waals surface area contributed by atoms with Crippen molar-refractivity contribution < 1.29 is 14.5 Å². The first kappa shape index (κ1) is 12.5. The molecule has 2 heterocycles. The van der Waals surface area contributed by atoms with Gasteiger partial charge in [0.25, 0.3) is 0 Å². The van der Waals surface area contributed by atoms with Gasteiger partial charge in [-0.15, -0.1) is 0 Å². The minimum atomic E-state index is 0.204. The van der Waals surface area contributed by atoms with Gasteiger partial charge >= 0.3 is 11.1 Å². The lowest BCUT2D eigenvalue weighted by Gasteiger charge is -2.28. The lowest BCUT2D eigenvalue weighted by molar-refractivity contribution is -0.465. The molecule has 1 amide bonds. The molecule has 0 bridgehead atoms. The predicted octanol–water partition coefficient (Wildman–Crippen LogP) is 0.542. The molecule has 1 fully saturated rings. The maximum absolute atomic E-state index is 12.2. The van der Waals surface area contributed by atoms with Crippen LogP contribution < -0.4 is 9.73 Å². The van der Waals surface area contributed by atoms with E-state index in [0.29, 0.717) is 6.42 Å². The summed E-state index contributed by atoms with van der Waals surface area (Å²) in [5, 5.41) is 1.22. The van der Waals surface area contributed by atoms with Gasteiger partial charge in [0, 0.05) is 6.42 Å². The predicted molar refractivity (Wildman–Crippen MR) is 75.1 cm³/mol. The second kappa shape index (κ2) is 5.25. The molecule has 2 aliphatic rings. The summed E-state index contributed by atoms with van der Waals surface area (Å²) in [5.41, 5.74) is 1.18. The third-order valence-electron chi connectivity index (χ3n) is 3.48. The quantitative estimate of drug-likeness (QED) is 0.858. The summed E-state index contributed by atoms with van der Waals surface area (Å²) in [7, 11) is 1.66. The van der Waals surface area contributed by atoms with Crippen LogP contribution in [0.25, 0.3) is 0 Å². The minimum Gasteiger partial charge on any atom is -0.497 e. The Morgan fingerprint density at radius 3 is 2.89 bits per heavy atom. The van der Waals surface area contributed by atoms with Gasteiger partial charge in [-0.2, -0.15) is 4.90 Å². The van der Waals surface area contributed by atoms with E-state index in [4.69, 9.17) is 4.74 Å². The molecule has 1 N–H and O–H groups in total. The van der Waals surface area contributed by atoms with E-state index in [9.17, 15) is 4.79 Å². The number of rotatable bonds is 2. The molecule has 5 heteroatoms. The Labute approximate surface area is 116 Å². The topological polar surface area (TPSA) is 43.5 Å². The molecule has 3 rings (SSSR count). The number of amidine groups is 1. The molecule has 0 radical (unpaired) electrons. The molecule has 1 unspecified atom stereocenters. The first-order valence-corrected chi connectivity index (χ1v) is 7.37. The van der Waals surface area contributed by atoms with E-state index in [-0.39, 0.29) is 11.2 Å². The van der Waals surface area contributed by atoms with Crippen molar-refractivity contribution >= 4 is 22.8 Å². The molecular formula is C14H17N2O2S+. The van der Waals surface area contributed by atoms with Gasteiger partial charge in [0.05, 0.1) is 31.9 Å². The van der Waals surface area contributed by atoms with Gasteiger partial charge in [0.2, 0.25) is 0 Å². The summed E-state index contributed by atoms with van der Waals surface area (Å²) in [5.74, 6) is 1.07. The summed E-state index contributed by atoms with van der Waals surface area (Å²) in [6, 6.07) is 7.99. The number of methoxy groups -OCH3 is 1. The number of ether oxygens (including phenoxy) is 1. The lowest BCUT2D eigenvalue weighted by Crippen LogP contribution is -2.79. The molecular weight excluding hydrogens is 260 g/mol. The zero-order valence-electron chi connectivity index (χ0n) is 10.9. The number of hydrogen-bond acceptors (Lipinski definition) is 3. The van der Waals surface area contributed by atoms with Gasteiger partial charge in [-0.25, -0.2) is 4.79 Å². The number of fused-ring (bicyclic) bond motifs is 1. The molecule has 0 spiro atoms. The van der Waals surface area contributed by atoms with E-state index in [1.165, 1.54) is 5.56 Å². The van der Waals surface area contributed by atoms with Crippen molar-refractivity contribution in [2.24, 2.45) is 0 Å². The summed E-state index contributed by atoms with van der Waals surface area (Å²) in [6.07, 6.45) is 1.60. The molecule has 0 aromatic heterocycles. The highest BCUT2D eigenvalue weighted by Crippen LogP contribution is 2.38. The number of nitrogens with zero attached hydrogens (tertiary/aromatic N) is 1. The van der Waals surface area contributed by atoms with Crippen LogP contribution in [-0.2, 0) is 4.79 Å². The normalized spacial score (nSPS) is 22.8. The van der Waals surface area contributed by atoms with Crippen LogP contribution in [0.15, 0.2) is 24.3 Å². The van der Waals surface area contributed by atoms with Crippen molar-refractivity contribution in [1.82, 2.24) is 4.90 Å². The average molecular weight is 277 g/mol. The molecule has 1 atom stereocenters. The molecule has 1 aromatic carbocycles. The van der Waals surface area contributed by atoms with E-state index in [0.717, 1.165) is 30.4 Å². The van der Waals surface area contributed by atoms with E-state index in [2.05, 4.69) is 4.99 Å². The lowest BCUT2D eigenvalue weighted by atomic mass is 10.1. The monoisotopic (exact) mass is 277 g/mol. The molecule has 0 saturated carbocycles. The van der Waals surface area contributed by atoms with Crippen molar-refractivity contribution in [1.29, 1.82) is 0 Å². The largest absolute Gasteiger partial charge is 0.497 e. The number of carbonyl (C=O) groups excluding carboxylic acids is 1. The first-order chi connectivity index (χ1) is 9.28. The maximum Gasteiger partial charge on any atom is 0.314 e. The maximum atomic E-state index is 12.2. The molecule has 1 saturated heterocycles. The van der Waals surface area contributed by atoms with Gasteiger partial charge < -0.3 is 4.74 Å². The molecule has 19 heavy (non-hydrogen) atoms. The van der Waals surface area contributed by atoms with E-state index in [1.54, 1.807) is 18.9 Å². The number of carbonyl (C=O) groups is 1. The molecule has 4 nitrogen and oxygen atoms in total. The number of thioether (sulfide) groups is 1. The third-order valence-corrected chi connectivity index (χ3v) is 4.79. The number of hydrogen-bond donors (Lipinski definition) is 1. The Kier molecular flexibility index (Phi) is 3.46. The second-order valence-electron chi connectivity index (χ2n) is 4.71. The highest BCUT2D eigenvalue weighted by molar-refractivity contribution is 8.13. The standard InChI is InChI=1S/C14H16N2O2S/c1-18-11-5-3-10(4-6-11)12-9-13(17)16-8-2-7-15-14(16)19-12/h3-6,12H,2,7-9H2,1H3/p+1. The van der Waals surface area contributed by atoms with Crippen LogP contribution in [0.3, 0.4) is 0 Å². The van der Waals surface area contributed by atoms with E-state index in [1.807, 2.05) is 29.2 Å². The van der Waals surface area contributed by atoms with Gasteiger partial charge in [-0.3, -0.25) is 4.99 Å². The summed E-state index contributed by atoms with van der Waals surface area (Å²) in [6.45, 7) is 1.81. The van der Waals surface area contributed by atoms with Gasteiger partial charge in [0.1, 0.15) is 5.75 Å². The third kappa shape index (κ3) is 2.47. The van der Waals surface area contributed by atoms with Crippen LogP contribution in [0, 0.1) is 0 Å². The molecule has 0 aliphatic carbocycles. The summed E-state index contributed by atoms with van der Waals surface area (Å²) < 4.78 is 5.16. The average Bonchev–Trinajstić information content (AvgIpc) is 2.47. The minimum absolute atomic E-state index is 0.204. The zero-order valence-corrected chi connectivity index (χ0v) is 11.7. The Bertz CT molecular complexity index is 513. The van der Waals surface area contributed by atoms with Crippen molar-refractivity contribution in [2.75, 3.05) is 20.2 Å². The highest BCUT2D eigenvalue weighted by atomic mass is 32.2. The Hall–Kier alpha value is -1.49. The fourth-order valence-corrected chi connectivity index (χ4v) is 3.72. The van der Waals surface area contributed by atoms with Crippen LogP contribution in [0.4, 0.5) is 0 Å². The first-order valence-electron chi connectivity index (χ1n) is 6.50. The van der Waals surface area contributed by atoms with Crippen LogP contribution in [0.5, 0.6) is 5.75 Å². The molecule has 2 aliphatic heterocycles. The highest BCUT2D eigenvalue weighted by Gasteiger charge is 2.39. The number of amides is 1. The van der Waals surface area contributed by atoms with Gasteiger partial charge in [-0.1, -0.05) is 12.1 Å². The Morgan fingerprint density at radius 1 is 1.37 bits per heavy atom. The van der Waals surface area contributed by atoms with Gasteiger partial charge in [-0.05, 0) is 29.5 Å². The van der Waals surface area contributed by atoms with Crippen molar-refractivity contribution in [2.45, 2.75) is 18.1 Å². The van der Waals surface area contributed by atoms with Gasteiger partial charge in [0.15, 0.2) is 0 Å². The smallest absolute Gasteiger partial charge is 0.314 e. The zero-order chi connectivity index (χ0) is 13.2. The van der Waals surface area contributed by atoms with Crippen LogP contribution in [-0.4, -0.2) is 36.2 Å². The van der Waals surface area contributed by atoms with Crippen molar-refractivity contribution in [3.8, 4) is 5.75 Å². The number of benzene rings is 1. The number of nitrogens with one attached hydrogen (secondary N) is 1. The fraction of sp³-hybridized carbons (Fsp3) is 0.429. The van der Waals surface area contributed by atoms with Crippen molar-refractivity contribution in [3.05, 3.63) is 29.8 Å². The molecule has 100 valence electrons. The van der Waals surface area contributed by atoms with Crippen LogP contribution in [0.1, 0.15) is 23.7 Å². The summed E-state index contributed by atoms with van der Waals surface area (Å²) >= 11 is 1.76. The van der Waals surface area contributed by atoms with Crippen LogP contribution >= 0.6 is 11.8 Å². The van der Waals surface area contributed by atoms with Crippen LogP contribution in [0.2, 0.25) is 0 Å². The molecule has 1 aromatic rings. The van der Waals surface area contributed by atoms with E-state index < -0.39 is 0 Å². The SMILES string of the molecule is COc1ccc(C2CC(=O)N3CCC[NH+]=C3S2)cc1. The summed E-state index contributed by atoms with van der Waals surface area (Å²) in [4.78, 5) is 17.4. The van der Waals surface area contributed by atoms with Crippen molar-refractivity contribution in [3.63, 3.8) is 0 Å². The Morgan fingerprint density at radius 2 is 2.16 bits per heavy atom. The fourth-order valence-electron chi connectivity index (χ4n) is 2.42. The Balaban J connectivity index is 1.81. The van der Waals surface area contributed by atoms with E-state index >= 15 is 0 Å².